The molecule has 9 heteroatoms. The Kier molecular flexibility index (Phi) is 8.06. The minimum atomic E-state index is -1.24. The van der Waals surface area contributed by atoms with E-state index in [0.29, 0.717) is 19.0 Å². The number of carbonyl (C=O) groups excluding carboxylic acids is 2. The molecular weight excluding hydrogens is 554 g/mol. The van der Waals surface area contributed by atoms with Gasteiger partial charge in [0, 0.05) is 10.9 Å². The summed E-state index contributed by atoms with van der Waals surface area (Å²) in [6, 6.07) is 11.4. The lowest BCUT2D eigenvalue weighted by Gasteiger charge is -2.38. The number of nitrogens with zero attached hydrogens (tertiary/aromatic N) is 1. The fourth-order valence-electron chi connectivity index (χ4n) is 5.43. The number of hydrogen-bond acceptors (Lipinski definition) is 7. The van der Waals surface area contributed by atoms with Crippen molar-refractivity contribution >= 4 is 45.7 Å². The number of carboxylic acids is 1. The fourth-order valence-corrected chi connectivity index (χ4v) is 6.26. The number of aliphatic carboxylic acids is 1. The molecule has 0 aliphatic carbocycles. The fraction of sp³-hybridized carbons (Fsp3) is 0.303. The van der Waals surface area contributed by atoms with Gasteiger partial charge in [0.1, 0.15) is 42.6 Å². The maximum absolute atomic E-state index is 12.7. The Bertz CT molecular complexity index is 1660. The second-order valence-corrected chi connectivity index (χ2v) is 11.8. The third kappa shape index (κ3) is 5.48. The number of ether oxygens (including phenoxy) is 3. The second kappa shape index (κ2) is 11.6. The van der Waals surface area contributed by atoms with E-state index in [-0.39, 0.29) is 4.91 Å². The van der Waals surface area contributed by atoms with Gasteiger partial charge in [-0.1, -0.05) is 43.0 Å². The van der Waals surface area contributed by atoms with Gasteiger partial charge in [-0.15, -0.1) is 0 Å². The van der Waals surface area contributed by atoms with E-state index >= 15 is 0 Å². The lowest BCUT2D eigenvalue weighted by molar-refractivity contribution is -0.140. The standard InChI is InChI=1S/C33H33NO7S/c1-6-15-39-29-19(2)20(3)30-23(21(29)4)13-14-33(5,41-30)18-40-26-12-11-22(24-9-7-8-10-25(24)26)16-27-31(37)34(17-28(35)36)32(38)42-27/h6-12,16H,1,13-15,17-18H2,2-5H3,(H,35,36)/b27-16-. The molecule has 2 heterocycles. The number of amides is 2. The Morgan fingerprint density at radius 1 is 1.10 bits per heavy atom. The average molecular weight is 588 g/mol. The molecule has 1 atom stereocenters. The summed E-state index contributed by atoms with van der Waals surface area (Å²) in [4.78, 5) is 36.9. The van der Waals surface area contributed by atoms with Crippen LogP contribution in [-0.4, -0.2) is 52.5 Å². The zero-order chi connectivity index (χ0) is 30.2. The zero-order valence-corrected chi connectivity index (χ0v) is 24.9. The summed E-state index contributed by atoms with van der Waals surface area (Å²) in [5.74, 6) is 0.611. The summed E-state index contributed by atoms with van der Waals surface area (Å²) in [6.07, 6.45) is 4.98. The molecule has 2 aliphatic rings. The van der Waals surface area contributed by atoms with E-state index in [2.05, 4.69) is 27.4 Å². The van der Waals surface area contributed by atoms with Gasteiger partial charge in [0.05, 0.1) is 4.91 Å². The average Bonchev–Trinajstić information content (AvgIpc) is 3.22. The molecule has 1 saturated heterocycles. The van der Waals surface area contributed by atoms with Gasteiger partial charge in [-0.2, -0.15) is 0 Å². The second-order valence-electron chi connectivity index (χ2n) is 10.8. The quantitative estimate of drug-likeness (QED) is 0.220. The molecular formula is C33H33NO7S. The van der Waals surface area contributed by atoms with Gasteiger partial charge in [0.25, 0.3) is 11.1 Å². The number of carbonyl (C=O) groups is 3. The number of benzene rings is 3. The third-order valence-electron chi connectivity index (χ3n) is 7.81. The Balaban J connectivity index is 1.38. The maximum atomic E-state index is 12.7. The molecule has 1 fully saturated rings. The van der Waals surface area contributed by atoms with Crippen molar-refractivity contribution in [2.45, 2.75) is 46.1 Å². The molecule has 0 bridgehead atoms. The highest BCUT2D eigenvalue weighted by molar-refractivity contribution is 8.18. The van der Waals surface area contributed by atoms with Gasteiger partial charge in [0.15, 0.2) is 0 Å². The highest BCUT2D eigenvalue weighted by Crippen LogP contribution is 2.44. The Hall–Kier alpha value is -4.24. The monoisotopic (exact) mass is 587 g/mol. The van der Waals surface area contributed by atoms with Crippen molar-refractivity contribution in [2.75, 3.05) is 19.8 Å². The van der Waals surface area contributed by atoms with Crippen LogP contribution in [0.5, 0.6) is 17.2 Å². The van der Waals surface area contributed by atoms with E-state index in [1.807, 2.05) is 43.3 Å². The molecule has 218 valence electrons. The van der Waals surface area contributed by atoms with Crippen molar-refractivity contribution in [1.29, 1.82) is 0 Å². The van der Waals surface area contributed by atoms with Gasteiger partial charge in [-0.3, -0.25) is 19.3 Å². The highest BCUT2D eigenvalue weighted by atomic mass is 32.2. The summed E-state index contributed by atoms with van der Waals surface area (Å²) in [5.41, 5.74) is 4.55. The van der Waals surface area contributed by atoms with Gasteiger partial charge >= 0.3 is 5.97 Å². The van der Waals surface area contributed by atoms with Crippen LogP contribution in [0.25, 0.3) is 16.8 Å². The SMILES string of the molecule is C=CCOc1c(C)c(C)c2c(c1C)CCC(C)(COc1ccc(/C=C3\SC(=O)N(CC(=O)O)C3=O)c3ccccc13)O2. The molecule has 2 aliphatic heterocycles. The van der Waals surface area contributed by atoms with Crippen molar-refractivity contribution in [3.63, 3.8) is 0 Å². The van der Waals surface area contributed by atoms with Crippen molar-refractivity contribution in [3.8, 4) is 17.2 Å². The topological polar surface area (TPSA) is 102 Å². The lowest BCUT2D eigenvalue weighted by atomic mass is 9.87. The number of fused-ring (bicyclic) bond motifs is 2. The maximum Gasteiger partial charge on any atom is 0.323 e. The normalized spacial score (nSPS) is 19.1. The number of rotatable bonds is 9. The lowest BCUT2D eigenvalue weighted by Crippen LogP contribution is -2.42. The molecule has 0 spiro atoms. The summed E-state index contributed by atoms with van der Waals surface area (Å²) in [6.45, 7) is 12.1. The first-order valence-corrected chi connectivity index (χ1v) is 14.5. The number of thioether (sulfide) groups is 1. The van der Waals surface area contributed by atoms with E-state index < -0.39 is 29.3 Å². The Morgan fingerprint density at radius 2 is 1.83 bits per heavy atom. The first kappa shape index (κ1) is 29.3. The summed E-state index contributed by atoms with van der Waals surface area (Å²) < 4.78 is 19.0. The van der Waals surface area contributed by atoms with Gasteiger partial charge in [0.2, 0.25) is 0 Å². The first-order chi connectivity index (χ1) is 20.0. The van der Waals surface area contributed by atoms with Gasteiger partial charge in [-0.25, -0.2) is 0 Å². The van der Waals surface area contributed by atoms with E-state index in [0.717, 1.165) is 79.6 Å². The molecule has 3 aromatic carbocycles. The Labute approximate surface area is 248 Å². The van der Waals surface area contributed by atoms with Crippen LogP contribution >= 0.6 is 11.8 Å². The summed E-state index contributed by atoms with van der Waals surface area (Å²) in [5, 5.41) is 10.1. The smallest absolute Gasteiger partial charge is 0.323 e. The molecule has 0 aromatic heterocycles. The molecule has 5 rings (SSSR count). The predicted octanol–water partition coefficient (Wildman–Crippen LogP) is 6.61. The minimum absolute atomic E-state index is 0.181. The van der Waals surface area contributed by atoms with Crippen LogP contribution in [-0.2, 0) is 16.0 Å². The van der Waals surface area contributed by atoms with Crippen LogP contribution in [0.3, 0.4) is 0 Å². The highest BCUT2D eigenvalue weighted by Gasteiger charge is 2.37. The van der Waals surface area contributed by atoms with Gasteiger partial charge in [-0.05, 0) is 92.1 Å². The molecule has 42 heavy (non-hydrogen) atoms. The summed E-state index contributed by atoms with van der Waals surface area (Å²) >= 11 is 0.737. The minimum Gasteiger partial charge on any atom is -0.489 e. The van der Waals surface area contributed by atoms with Crippen molar-refractivity contribution in [2.24, 2.45) is 0 Å². The molecule has 2 amide bonds. The third-order valence-corrected chi connectivity index (χ3v) is 8.72. The molecule has 1 unspecified atom stereocenters. The Morgan fingerprint density at radius 3 is 2.55 bits per heavy atom. The summed E-state index contributed by atoms with van der Waals surface area (Å²) in [7, 11) is 0. The molecule has 1 N–H and O–H groups in total. The molecule has 0 saturated carbocycles. The predicted molar refractivity (Wildman–Crippen MR) is 163 cm³/mol. The van der Waals surface area contributed by atoms with Crippen LogP contribution in [0.4, 0.5) is 4.79 Å². The van der Waals surface area contributed by atoms with E-state index in [1.54, 1.807) is 12.2 Å². The molecule has 8 nitrogen and oxygen atoms in total. The molecule has 3 aromatic rings. The largest absolute Gasteiger partial charge is 0.489 e. The van der Waals surface area contributed by atoms with Crippen LogP contribution in [0.1, 0.15) is 41.2 Å². The van der Waals surface area contributed by atoms with Crippen LogP contribution in [0, 0.1) is 20.8 Å². The molecule has 0 radical (unpaired) electrons. The first-order valence-electron chi connectivity index (χ1n) is 13.7. The number of carboxylic acid groups (broad SMARTS) is 1. The van der Waals surface area contributed by atoms with Gasteiger partial charge < -0.3 is 19.3 Å². The van der Waals surface area contributed by atoms with Crippen LogP contribution in [0.15, 0.2) is 54.0 Å². The van der Waals surface area contributed by atoms with E-state index in [4.69, 9.17) is 19.3 Å². The van der Waals surface area contributed by atoms with E-state index in [1.165, 1.54) is 0 Å². The van der Waals surface area contributed by atoms with Crippen molar-refractivity contribution < 1.29 is 33.7 Å². The van der Waals surface area contributed by atoms with Crippen molar-refractivity contribution in [3.05, 3.63) is 81.8 Å². The van der Waals surface area contributed by atoms with Crippen LogP contribution < -0.4 is 14.2 Å². The zero-order valence-electron chi connectivity index (χ0n) is 24.1. The number of hydrogen-bond donors (Lipinski definition) is 1. The van der Waals surface area contributed by atoms with Crippen LogP contribution in [0.2, 0.25) is 0 Å². The van der Waals surface area contributed by atoms with Crippen molar-refractivity contribution in [1.82, 2.24) is 4.90 Å². The number of imide groups is 1. The van der Waals surface area contributed by atoms with E-state index in [9.17, 15) is 14.4 Å².